The molecule has 3 N–H and O–H groups in total. The lowest BCUT2D eigenvalue weighted by Crippen LogP contribution is -2.55. The van der Waals surface area contributed by atoms with Gasteiger partial charge in [-0.15, -0.1) is 0 Å². The van der Waals surface area contributed by atoms with E-state index in [9.17, 15) is 19.5 Å². The van der Waals surface area contributed by atoms with E-state index >= 15 is 0 Å². The molecule has 1 fully saturated rings. The third kappa shape index (κ3) is 7.26. The second-order valence-corrected chi connectivity index (χ2v) is 12.0. The number of phenols is 1. The van der Waals surface area contributed by atoms with E-state index in [1.807, 2.05) is 4.57 Å². The minimum absolute atomic E-state index is 0.0605. The Morgan fingerprint density at radius 2 is 1.73 bits per heavy atom. The first-order valence-electron chi connectivity index (χ1n) is 14.9. The van der Waals surface area contributed by atoms with Crippen molar-refractivity contribution in [2.24, 2.45) is 5.92 Å². The number of aromatic nitrogens is 1. The fourth-order valence-electron chi connectivity index (χ4n) is 6.04. The number of carbonyl (C=O) groups excluding carboxylic acids is 2. The number of carbonyl (C=O) groups is 2. The zero-order chi connectivity index (χ0) is 28.7. The molecule has 2 amide bonds. The molecule has 0 saturated heterocycles. The molecule has 2 aliphatic carbocycles. The van der Waals surface area contributed by atoms with Crippen LogP contribution < -0.4 is 20.9 Å². The van der Waals surface area contributed by atoms with Crippen LogP contribution in [0.4, 0.5) is 0 Å². The van der Waals surface area contributed by atoms with Crippen molar-refractivity contribution in [2.45, 2.75) is 103 Å². The van der Waals surface area contributed by atoms with Crippen LogP contribution in [-0.2, 0) is 30.6 Å². The normalized spacial score (nSPS) is 16.4. The molecule has 2 aromatic rings. The van der Waals surface area contributed by atoms with Gasteiger partial charge in [0.1, 0.15) is 11.1 Å². The molecule has 8 heteroatoms. The van der Waals surface area contributed by atoms with Crippen LogP contribution in [0.25, 0.3) is 0 Å². The molecule has 2 aliphatic rings. The summed E-state index contributed by atoms with van der Waals surface area (Å²) in [5, 5.41) is 15.5. The van der Waals surface area contributed by atoms with Crippen molar-refractivity contribution in [3.63, 3.8) is 0 Å². The molecule has 1 aromatic carbocycles. The number of nitrogens with zero attached hydrogens (tertiary/aromatic N) is 1. The van der Waals surface area contributed by atoms with Crippen LogP contribution in [0.3, 0.4) is 0 Å². The summed E-state index contributed by atoms with van der Waals surface area (Å²) in [5.41, 5.74) is 1.79. The maximum Gasteiger partial charge on any atom is 0.263 e. The average molecular weight is 552 g/mol. The molecular weight excluding hydrogens is 506 g/mol. The van der Waals surface area contributed by atoms with Crippen LogP contribution in [0, 0.1) is 5.92 Å². The Balaban J connectivity index is 1.48. The molecule has 4 rings (SSSR count). The fourth-order valence-corrected chi connectivity index (χ4v) is 6.04. The molecule has 0 atom stereocenters. The van der Waals surface area contributed by atoms with E-state index in [-0.39, 0.29) is 22.8 Å². The largest absolute Gasteiger partial charge is 0.504 e. The Kier molecular flexibility index (Phi) is 9.93. The molecule has 1 heterocycles. The molecule has 8 nitrogen and oxygen atoms in total. The van der Waals surface area contributed by atoms with Gasteiger partial charge in [-0.05, 0) is 94.0 Å². The van der Waals surface area contributed by atoms with E-state index in [1.54, 1.807) is 38.1 Å². The van der Waals surface area contributed by atoms with Gasteiger partial charge in [-0.25, -0.2) is 0 Å². The lowest BCUT2D eigenvalue weighted by Gasteiger charge is -2.28. The first-order chi connectivity index (χ1) is 19.2. The topological polar surface area (TPSA) is 110 Å². The number of fused-ring (bicyclic) bond motifs is 1. The maximum absolute atomic E-state index is 13.8. The van der Waals surface area contributed by atoms with Crippen molar-refractivity contribution in [3.05, 3.63) is 57.0 Å². The van der Waals surface area contributed by atoms with Gasteiger partial charge in [-0.2, -0.15) is 0 Å². The van der Waals surface area contributed by atoms with E-state index < -0.39 is 11.4 Å². The van der Waals surface area contributed by atoms with Crippen LogP contribution in [0.1, 0.15) is 98.8 Å². The zero-order valence-corrected chi connectivity index (χ0v) is 24.3. The summed E-state index contributed by atoms with van der Waals surface area (Å²) in [7, 11) is 1.49. The molecular formula is C32H45N3O5. The minimum atomic E-state index is -1.21. The quantitative estimate of drug-likeness (QED) is 0.420. The third-order valence-corrected chi connectivity index (χ3v) is 8.45. The number of pyridine rings is 1. The summed E-state index contributed by atoms with van der Waals surface area (Å²) in [6, 6.07) is 6.86. The van der Waals surface area contributed by atoms with Crippen molar-refractivity contribution < 1.29 is 19.4 Å². The number of rotatable bonds is 9. The summed E-state index contributed by atoms with van der Waals surface area (Å²) >= 11 is 0. The van der Waals surface area contributed by atoms with E-state index in [0.29, 0.717) is 31.2 Å². The first-order valence-corrected chi connectivity index (χ1v) is 14.9. The summed E-state index contributed by atoms with van der Waals surface area (Å²) in [6.07, 6.45) is 12.6. The average Bonchev–Trinajstić information content (AvgIpc) is 2.92. The SMILES string of the molecule is COc1cc(CCNC(=O)C(C)(C)NC(=O)c2cc3c(n(CC4CCCCC4)c2=O)CCCCCC3)ccc1O. The molecule has 0 radical (unpaired) electrons. The van der Waals surface area contributed by atoms with E-state index in [0.717, 1.165) is 61.8 Å². The highest BCUT2D eigenvalue weighted by molar-refractivity contribution is 5.98. The molecule has 0 aliphatic heterocycles. The Hall–Kier alpha value is -3.29. The van der Waals surface area contributed by atoms with Crippen molar-refractivity contribution in [3.8, 4) is 11.5 Å². The number of ether oxygens (including phenoxy) is 1. The summed E-state index contributed by atoms with van der Waals surface area (Å²) < 4.78 is 7.06. The Morgan fingerprint density at radius 1 is 1.02 bits per heavy atom. The third-order valence-electron chi connectivity index (χ3n) is 8.45. The van der Waals surface area contributed by atoms with Gasteiger partial charge in [-0.3, -0.25) is 14.4 Å². The highest BCUT2D eigenvalue weighted by Crippen LogP contribution is 2.28. The Bertz CT molecular complexity index is 1260. The number of aromatic hydroxyl groups is 1. The molecule has 1 aromatic heterocycles. The van der Waals surface area contributed by atoms with Gasteiger partial charge in [0.05, 0.1) is 7.11 Å². The maximum atomic E-state index is 13.8. The van der Waals surface area contributed by atoms with Crippen LogP contribution in [-0.4, -0.2) is 40.7 Å². The van der Waals surface area contributed by atoms with Crippen LogP contribution in [0.2, 0.25) is 0 Å². The number of phenolic OH excluding ortho intramolecular Hbond substituents is 1. The number of methoxy groups -OCH3 is 1. The number of hydrogen-bond donors (Lipinski definition) is 3. The lowest BCUT2D eigenvalue weighted by atomic mass is 9.88. The molecule has 0 unspecified atom stereocenters. The zero-order valence-electron chi connectivity index (χ0n) is 24.3. The van der Waals surface area contributed by atoms with Gasteiger partial charge in [0.2, 0.25) is 5.91 Å². The van der Waals surface area contributed by atoms with Gasteiger partial charge in [0.25, 0.3) is 11.5 Å². The number of amides is 2. The number of aryl methyl sites for hydroxylation is 1. The predicted molar refractivity (Wildman–Crippen MR) is 156 cm³/mol. The first kappa shape index (κ1) is 29.7. The highest BCUT2D eigenvalue weighted by Gasteiger charge is 2.31. The molecule has 40 heavy (non-hydrogen) atoms. The summed E-state index contributed by atoms with van der Waals surface area (Å²) in [4.78, 5) is 40.4. The van der Waals surface area contributed by atoms with Gasteiger partial charge in [0.15, 0.2) is 11.5 Å². The molecule has 0 spiro atoms. The standard InChI is InChI=1S/C32H45N3O5/c1-32(2,31(39)33-18-17-22-15-16-27(36)28(19-22)40-3)34-29(37)25-20-24-13-9-4-5-10-14-26(24)35(30(25)38)21-23-11-7-6-8-12-23/h15-16,19-20,23,36H,4-14,17-18,21H2,1-3H3,(H,33,39)(H,34,37). The molecule has 1 saturated carbocycles. The molecule has 0 bridgehead atoms. The number of benzene rings is 1. The second-order valence-electron chi connectivity index (χ2n) is 12.0. The Morgan fingerprint density at radius 3 is 2.45 bits per heavy atom. The monoisotopic (exact) mass is 551 g/mol. The van der Waals surface area contributed by atoms with Gasteiger partial charge in [-0.1, -0.05) is 38.2 Å². The lowest BCUT2D eigenvalue weighted by molar-refractivity contribution is -0.126. The van der Waals surface area contributed by atoms with Gasteiger partial charge in [0, 0.05) is 18.8 Å². The van der Waals surface area contributed by atoms with Crippen molar-refractivity contribution in [1.82, 2.24) is 15.2 Å². The van der Waals surface area contributed by atoms with E-state index in [2.05, 4.69) is 10.6 Å². The Labute approximate surface area is 237 Å². The summed E-state index contributed by atoms with van der Waals surface area (Å²) in [5.74, 6) is 0.0679. The van der Waals surface area contributed by atoms with Crippen molar-refractivity contribution in [2.75, 3.05) is 13.7 Å². The second kappa shape index (κ2) is 13.4. The molecule has 218 valence electrons. The van der Waals surface area contributed by atoms with Crippen LogP contribution in [0.5, 0.6) is 11.5 Å². The fraction of sp³-hybridized carbons (Fsp3) is 0.594. The number of nitrogens with one attached hydrogen (secondary N) is 2. The van der Waals surface area contributed by atoms with E-state index in [1.165, 1.54) is 32.8 Å². The van der Waals surface area contributed by atoms with E-state index in [4.69, 9.17) is 4.74 Å². The van der Waals surface area contributed by atoms with Crippen LogP contribution in [0.15, 0.2) is 29.1 Å². The smallest absolute Gasteiger partial charge is 0.263 e. The predicted octanol–water partition coefficient (Wildman–Crippen LogP) is 4.67. The van der Waals surface area contributed by atoms with Crippen molar-refractivity contribution in [1.29, 1.82) is 0 Å². The number of hydrogen-bond acceptors (Lipinski definition) is 5. The summed E-state index contributed by atoms with van der Waals surface area (Å²) in [6.45, 7) is 4.32. The minimum Gasteiger partial charge on any atom is -0.504 e. The van der Waals surface area contributed by atoms with Crippen LogP contribution >= 0.6 is 0 Å². The van der Waals surface area contributed by atoms with Gasteiger partial charge < -0.3 is 25.0 Å². The highest BCUT2D eigenvalue weighted by atomic mass is 16.5. The van der Waals surface area contributed by atoms with Crippen molar-refractivity contribution >= 4 is 11.8 Å². The van der Waals surface area contributed by atoms with Gasteiger partial charge >= 0.3 is 0 Å².